The molecular formula is C20H11IO5. The van der Waals surface area contributed by atoms with E-state index in [9.17, 15) is 15.0 Å². The van der Waals surface area contributed by atoms with Crippen LogP contribution < -0.4 is 4.74 Å². The van der Waals surface area contributed by atoms with Crippen molar-refractivity contribution in [1.29, 1.82) is 0 Å². The third-order valence-corrected chi connectivity index (χ3v) is 5.58. The van der Waals surface area contributed by atoms with E-state index in [0.717, 1.165) is 0 Å². The summed E-state index contributed by atoms with van der Waals surface area (Å²) >= 11 is 2.10. The molecule has 26 heavy (non-hydrogen) atoms. The van der Waals surface area contributed by atoms with Crippen molar-refractivity contribution >= 4 is 28.6 Å². The summed E-state index contributed by atoms with van der Waals surface area (Å²) in [5, 5.41) is 19.9. The van der Waals surface area contributed by atoms with E-state index in [4.69, 9.17) is 9.47 Å². The van der Waals surface area contributed by atoms with Crippen LogP contribution in [0.5, 0.6) is 23.0 Å². The van der Waals surface area contributed by atoms with Gasteiger partial charge in [-0.3, -0.25) is 0 Å². The number of aromatic hydroxyl groups is 2. The Labute approximate surface area is 162 Å². The Morgan fingerprint density at radius 2 is 1.65 bits per heavy atom. The number of fused-ring (bicyclic) bond motifs is 6. The molecule has 1 atom stereocenters. The predicted octanol–water partition coefficient (Wildman–Crippen LogP) is 4.27. The lowest BCUT2D eigenvalue weighted by Gasteiger charge is -2.37. The zero-order valence-electron chi connectivity index (χ0n) is 13.2. The average Bonchev–Trinajstić information content (AvgIpc) is 2.88. The van der Waals surface area contributed by atoms with Crippen molar-refractivity contribution in [3.63, 3.8) is 0 Å². The van der Waals surface area contributed by atoms with Crippen LogP contribution >= 0.6 is 22.6 Å². The minimum atomic E-state index is -1.19. The topological polar surface area (TPSA) is 76.0 Å². The van der Waals surface area contributed by atoms with Crippen LogP contribution in [0.2, 0.25) is 0 Å². The molecule has 1 unspecified atom stereocenters. The molecule has 6 heteroatoms. The van der Waals surface area contributed by atoms with Gasteiger partial charge < -0.3 is 19.7 Å². The highest BCUT2D eigenvalue weighted by atomic mass is 127. The van der Waals surface area contributed by atoms with Gasteiger partial charge in [0.05, 0.1) is 11.1 Å². The van der Waals surface area contributed by atoms with Gasteiger partial charge in [0, 0.05) is 26.8 Å². The number of ether oxygens (including phenoxy) is 2. The summed E-state index contributed by atoms with van der Waals surface area (Å²) in [4.78, 5) is 12.6. The first kappa shape index (κ1) is 15.5. The molecule has 0 radical (unpaired) electrons. The molecular weight excluding hydrogens is 447 g/mol. The van der Waals surface area contributed by atoms with Crippen molar-refractivity contribution < 1.29 is 24.5 Å². The molecule has 0 saturated carbocycles. The number of hydrogen-bond donors (Lipinski definition) is 2. The quantitative estimate of drug-likeness (QED) is 0.389. The normalized spacial score (nSPS) is 19.3. The van der Waals surface area contributed by atoms with Crippen LogP contribution in [-0.2, 0) is 10.3 Å². The van der Waals surface area contributed by atoms with Crippen LogP contribution in [0.1, 0.15) is 27.0 Å². The van der Waals surface area contributed by atoms with Crippen molar-refractivity contribution in [3.05, 3.63) is 80.4 Å². The van der Waals surface area contributed by atoms with Crippen molar-refractivity contribution in [2.75, 3.05) is 0 Å². The van der Waals surface area contributed by atoms with Crippen LogP contribution in [-0.4, -0.2) is 16.2 Å². The van der Waals surface area contributed by atoms with Crippen LogP contribution in [0, 0.1) is 3.57 Å². The first-order valence-corrected chi connectivity index (χ1v) is 8.96. The minimum Gasteiger partial charge on any atom is -0.508 e. The average molecular weight is 458 g/mol. The lowest BCUT2D eigenvalue weighted by molar-refractivity contribution is 0.0221. The zero-order valence-corrected chi connectivity index (χ0v) is 15.4. The third-order valence-electron chi connectivity index (χ3n) is 4.73. The summed E-state index contributed by atoms with van der Waals surface area (Å²) < 4.78 is 12.6. The van der Waals surface area contributed by atoms with Crippen LogP contribution in [0.25, 0.3) is 0 Å². The number of carbonyl (C=O) groups is 1. The Morgan fingerprint density at radius 1 is 0.885 bits per heavy atom. The van der Waals surface area contributed by atoms with E-state index in [2.05, 4.69) is 22.6 Å². The number of rotatable bonds is 0. The number of phenols is 2. The summed E-state index contributed by atoms with van der Waals surface area (Å²) in [6.07, 6.45) is 0. The Balaban J connectivity index is 1.94. The predicted molar refractivity (Wildman–Crippen MR) is 101 cm³/mol. The first-order valence-electron chi connectivity index (χ1n) is 7.88. The molecule has 2 N–H and O–H groups in total. The number of phenolic OH excluding ortho intramolecular Hbond substituents is 2. The van der Waals surface area contributed by atoms with Gasteiger partial charge in [-0.25, -0.2) is 4.79 Å². The monoisotopic (exact) mass is 458 g/mol. The number of carbonyl (C=O) groups excluding carboxylic acids is 1. The van der Waals surface area contributed by atoms with Gasteiger partial charge in [0.15, 0.2) is 5.60 Å². The highest BCUT2D eigenvalue weighted by molar-refractivity contribution is 14.1. The summed E-state index contributed by atoms with van der Waals surface area (Å²) in [5.41, 5.74) is 1.31. The highest BCUT2D eigenvalue weighted by Crippen LogP contribution is 2.58. The second-order valence-electron chi connectivity index (χ2n) is 6.20. The smallest absolute Gasteiger partial charge is 0.340 e. The molecule has 0 amide bonds. The summed E-state index contributed by atoms with van der Waals surface area (Å²) in [6.45, 7) is 0. The maximum Gasteiger partial charge on any atom is 0.340 e. The summed E-state index contributed by atoms with van der Waals surface area (Å²) in [6, 6.07) is 15.0. The molecule has 5 rings (SSSR count). The van der Waals surface area contributed by atoms with Crippen LogP contribution in [0.4, 0.5) is 0 Å². The van der Waals surface area contributed by atoms with Crippen LogP contribution in [0.3, 0.4) is 0 Å². The van der Waals surface area contributed by atoms with E-state index >= 15 is 0 Å². The first-order chi connectivity index (χ1) is 12.5. The molecule has 128 valence electrons. The highest BCUT2D eigenvalue weighted by Gasteiger charge is 2.54. The van der Waals surface area contributed by atoms with Crippen molar-refractivity contribution in [1.82, 2.24) is 0 Å². The van der Waals surface area contributed by atoms with Gasteiger partial charge >= 0.3 is 5.97 Å². The molecule has 2 heterocycles. The van der Waals surface area contributed by atoms with E-state index < -0.39 is 11.6 Å². The number of halogens is 1. The van der Waals surface area contributed by atoms with Gasteiger partial charge in [-0.15, -0.1) is 0 Å². The molecule has 0 fully saturated rings. The maximum absolute atomic E-state index is 12.6. The molecule has 5 nitrogen and oxygen atoms in total. The van der Waals surface area contributed by atoms with E-state index in [0.29, 0.717) is 37.3 Å². The Bertz CT molecular complexity index is 1110. The standard InChI is InChI=1S/C20H11IO5/c21-15-7-11(23)9-17-18(15)20(14-6-5-10(22)8-16(14)25-17)13-4-2-1-3-12(13)19(24)26-20/h1-9,22-23H. The van der Waals surface area contributed by atoms with Crippen LogP contribution in [0.15, 0.2) is 54.6 Å². The number of benzene rings is 3. The summed E-state index contributed by atoms with van der Waals surface area (Å²) in [5.74, 6) is 0.427. The van der Waals surface area contributed by atoms with Gasteiger partial charge in [-0.2, -0.15) is 0 Å². The van der Waals surface area contributed by atoms with E-state index in [-0.39, 0.29) is 11.5 Å². The molecule has 0 saturated heterocycles. The minimum absolute atomic E-state index is 0.0369. The lowest BCUT2D eigenvalue weighted by atomic mass is 9.77. The molecule has 2 aliphatic heterocycles. The molecule has 0 aliphatic carbocycles. The van der Waals surface area contributed by atoms with Gasteiger partial charge in [0.25, 0.3) is 0 Å². The van der Waals surface area contributed by atoms with Crippen molar-refractivity contribution in [3.8, 4) is 23.0 Å². The Kier molecular flexibility index (Phi) is 3.06. The SMILES string of the molecule is O=C1OC2(c3ccc(O)cc3Oc3cc(O)cc(I)c32)c2ccccc21. The van der Waals surface area contributed by atoms with Gasteiger partial charge in [-0.1, -0.05) is 18.2 Å². The molecule has 0 aromatic heterocycles. The number of esters is 1. The fourth-order valence-electron chi connectivity index (χ4n) is 3.73. The van der Waals surface area contributed by atoms with E-state index in [1.165, 1.54) is 18.2 Å². The second kappa shape index (κ2) is 5.14. The van der Waals surface area contributed by atoms with Gasteiger partial charge in [-0.05, 0) is 46.9 Å². The Hall–Kier alpha value is -2.74. The maximum atomic E-state index is 12.6. The molecule has 0 bridgehead atoms. The lowest BCUT2D eigenvalue weighted by Crippen LogP contribution is -2.33. The zero-order chi connectivity index (χ0) is 18.1. The molecule has 3 aromatic rings. The van der Waals surface area contributed by atoms with Gasteiger partial charge in [0.1, 0.15) is 23.0 Å². The largest absolute Gasteiger partial charge is 0.508 e. The molecule has 1 spiro atoms. The summed E-state index contributed by atoms with van der Waals surface area (Å²) in [7, 11) is 0. The molecule has 2 aliphatic rings. The van der Waals surface area contributed by atoms with Crippen molar-refractivity contribution in [2.45, 2.75) is 5.60 Å². The van der Waals surface area contributed by atoms with Gasteiger partial charge in [0.2, 0.25) is 0 Å². The van der Waals surface area contributed by atoms with Crippen molar-refractivity contribution in [2.24, 2.45) is 0 Å². The molecule has 3 aromatic carbocycles. The second-order valence-corrected chi connectivity index (χ2v) is 7.36. The van der Waals surface area contributed by atoms with E-state index in [1.54, 1.807) is 24.3 Å². The fourth-order valence-corrected chi connectivity index (χ4v) is 4.70. The third kappa shape index (κ3) is 1.87. The fraction of sp³-hybridized carbons (Fsp3) is 0.0500. The Morgan fingerprint density at radius 3 is 2.50 bits per heavy atom. The van der Waals surface area contributed by atoms with E-state index in [1.807, 2.05) is 12.1 Å². The number of hydrogen-bond acceptors (Lipinski definition) is 5.